The summed E-state index contributed by atoms with van der Waals surface area (Å²) in [6.45, 7) is 5.92. The second-order valence-corrected chi connectivity index (χ2v) is 1.84. The topological polar surface area (TPSA) is 132 Å². The average molecular weight is 225 g/mol. The van der Waals surface area contributed by atoms with Crippen molar-refractivity contribution in [2.24, 2.45) is 0 Å². The maximum absolute atomic E-state index is 9.25. The number of carboxylic acid groups (broad SMARTS) is 2. The van der Waals surface area contributed by atoms with Crippen molar-refractivity contribution in [3.8, 4) is 0 Å². The Bertz CT molecular complexity index is 200. The molecular weight excluding hydrogens is 215 g/mol. The molecule has 14 heavy (non-hydrogen) atoms. The van der Waals surface area contributed by atoms with Gasteiger partial charge in [-0.25, -0.2) is 9.59 Å². The molecule has 80 valence electrons. The van der Waals surface area contributed by atoms with Gasteiger partial charge in [0.15, 0.2) is 0 Å². The van der Waals surface area contributed by atoms with E-state index in [0.29, 0.717) is 0 Å². The Hall–Kier alpha value is -1.56. The summed E-state index contributed by atoms with van der Waals surface area (Å²) < 4.78 is 8.70. The molecule has 0 amide bonds. The number of carbonyl (C=O) groups is 2. The van der Waals surface area contributed by atoms with Crippen LogP contribution in [0.25, 0.3) is 0 Å². The lowest BCUT2D eigenvalue weighted by atomic mass is 10.7. The van der Waals surface area contributed by atoms with Crippen LogP contribution in [0.4, 0.5) is 0 Å². The lowest BCUT2D eigenvalue weighted by Gasteiger charge is -1.64. The van der Waals surface area contributed by atoms with Gasteiger partial charge >= 0.3 is 20.2 Å². The molecule has 0 radical (unpaired) electrons. The lowest BCUT2D eigenvalue weighted by Crippen LogP contribution is -1.82. The van der Waals surface area contributed by atoms with Gasteiger partial charge in [-0.15, -0.1) is 9.79 Å². The minimum Gasteiger partial charge on any atom is -0.478 e. The van der Waals surface area contributed by atoms with Crippen LogP contribution in [-0.2, 0) is 14.2 Å². The maximum atomic E-state index is 9.25. The summed E-state index contributed by atoms with van der Waals surface area (Å²) in [5.74, 6) is -1.96. The van der Waals surface area contributed by atoms with E-state index in [0.717, 1.165) is 12.2 Å². The van der Waals surface area contributed by atoms with Gasteiger partial charge in [0.05, 0.1) is 0 Å². The molecule has 4 N–H and O–H groups in total. The van der Waals surface area contributed by atoms with E-state index in [1.54, 1.807) is 0 Å². The molecule has 0 fully saturated rings. The molecule has 0 aliphatic rings. The van der Waals surface area contributed by atoms with Crippen LogP contribution in [0.1, 0.15) is 0 Å². The Morgan fingerprint density at radius 3 is 1.07 bits per heavy atom. The first-order valence-electron chi connectivity index (χ1n) is 2.83. The third kappa shape index (κ3) is 156. The second kappa shape index (κ2) is 14.0. The molecule has 8 heteroatoms. The predicted octanol–water partition coefficient (Wildman–Crippen LogP) is 0.142. The van der Waals surface area contributed by atoms with Gasteiger partial charge in [-0.2, -0.15) is 0 Å². The molecule has 7 nitrogen and oxygen atoms in total. The zero-order valence-electron chi connectivity index (χ0n) is 7.03. The fraction of sp³-hybridized carbons (Fsp3) is 0. The number of carboxylic acids is 2. The molecular formula is C6H10O7P+. The molecule has 0 atom stereocenters. The zero-order valence-corrected chi connectivity index (χ0v) is 7.92. The van der Waals surface area contributed by atoms with E-state index in [4.69, 9.17) is 24.6 Å². The fourth-order valence-corrected chi connectivity index (χ4v) is 0. The number of hydrogen-bond acceptors (Lipinski definition) is 3. The molecule has 0 heterocycles. The van der Waals surface area contributed by atoms with Gasteiger partial charge in [0, 0.05) is 16.7 Å². The standard InChI is InChI=1S/2C3H4O2.HO3P/c2*1-2-3(4)5;1-4(2)3/h2*2H,1H2,(H,4,5);(H-,1,2,3)/p+1. The molecule has 0 unspecified atom stereocenters. The van der Waals surface area contributed by atoms with Crippen molar-refractivity contribution in [3.63, 3.8) is 0 Å². The number of hydrogen-bond donors (Lipinski definition) is 4. The molecule has 0 aromatic rings. The van der Waals surface area contributed by atoms with Crippen molar-refractivity contribution >= 4 is 20.2 Å². The third-order valence-electron chi connectivity index (χ3n) is 0.349. The van der Waals surface area contributed by atoms with Gasteiger partial charge in [-0.1, -0.05) is 13.2 Å². The minimum absolute atomic E-state index is 0.833. The monoisotopic (exact) mass is 225 g/mol. The highest BCUT2D eigenvalue weighted by atomic mass is 31.1. The van der Waals surface area contributed by atoms with E-state index in [-0.39, 0.29) is 0 Å². The highest BCUT2D eigenvalue weighted by Crippen LogP contribution is 1.98. The smallest absolute Gasteiger partial charge is 0.478 e. The zero-order chi connectivity index (χ0) is 12.1. The van der Waals surface area contributed by atoms with Gasteiger partial charge in [0.2, 0.25) is 0 Å². The van der Waals surface area contributed by atoms with E-state index < -0.39 is 20.2 Å². The van der Waals surface area contributed by atoms with Gasteiger partial charge in [0.1, 0.15) is 0 Å². The van der Waals surface area contributed by atoms with Crippen molar-refractivity contribution in [2.45, 2.75) is 0 Å². The van der Waals surface area contributed by atoms with Crippen molar-refractivity contribution in [1.82, 2.24) is 0 Å². The third-order valence-corrected chi connectivity index (χ3v) is 0.349. The average Bonchev–Trinajstić information content (AvgIpc) is 2.04. The van der Waals surface area contributed by atoms with E-state index in [1.165, 1.54) is 0 Å². The highest BCUT2D eigenvalue weighted by molar-refractivity contribution is 7.30. The van der Waals surface area contributed by atoms with Crippen LogP contribution in [0.15, 0.2) is 25.3 Å². The summed E-state index contributed by atoms with van der Waals surface area (Å²) in [5, 5.41) is 15.2. The lowest BCUT2D eigenvalue weighted by molar-refractivity contribution is -0.132. The summed E-state index contributed by atoms with van der Waals surface area (Å²) in [7, 11) is -2.87. The fourth-order valence-electron chi connectivity index (χ4n) is 0. The Morgan fingerprint density at radius 1 is 1.00 bits per heavy atom. The van der Waals surface area contributed by atoms with Crippen molar-refractivity contribution in [1.29, 1.82) is 0 Å². The van der Waals surface area contributed by atoms with E-state index in [9.17, 15) is 9.59 Å². The van der Waals surface area contributed by atoms with Gasteiger partial charge in [0.25, 0.3) is 0 Å². The molecule has 0 saturated heterocycles. The van der Waals surface area contributed by atoms with E-state index >= 15 is 0 Å². The summed E-state index contributed by atoms with van der Waals surface area (Å²) in [4.78, 5) is 32.7. The Kier molecular flexibility index (Phi) is 18.3. The summed E-state index contributed by atoms with van der Waals surface area (Å²) in [6.07, 6.45) is 1.67. The Labute approximate surface area is 80.6 Å². The Morgan fingerprint density at radius 2 is 1.07 bits per heavy atom. The quantitative estimate of drug-likeness (QED) is 0.388. The molecule has 0 aliphatic heterocycles. The van der Waals surface area contributed by atoms with Crippen molar-refractivity contribution in [3.05, 3.63) is 25.3 Å². The van der Waals surface area contributed by atoms with Crippen molar-refractivity contribution in [2.75, 3.05) is 0 Å². The molecule has 0 saturated carbocycles. The maximum Gasteiger partial charge on any atom is 0.692 e. The number of rotatable bonds is 2. The molecule has 0 bridgehead atoms. The van der Waals surface area contributed by atoms with Crippen LogP contribution in [0, 0.1) is 0 Å². The SMILES string of the molecule is C=CC(=O)O.C=CC(=O)O.O=[P+](O)O. The van der Waals surface area contributed by atoms with E-state index in [1.807, 2.05) is 0 Å². The Balaban J connectivity index is -0.000000131. The van der Waals surface area contributed by atoms with Gasteiger partial charge in [-0.05, 0) is 0 Å². The van der Waals surface area contributed by atoms with Gasteiger partial charge in [-0.3, -0.25) is 0 Å². The highest BCUT2D eigenvalue weighted by Gasteiger charge is 1.93. The van der Waals surface area contributed by atoms with Crippen LogP contribution in [0.2, 0.25) is 0 Å². The van der Waals surface area contributed by atoms with Crippen molar-refractivity contribution < 1.29 is 34.2 Å². The van der Waals surface area contributed by atoms with Crippen LogP contribution >= 0.6 is 8.25 Å². The van der Waals surface area contributed by atoms with Crippen LogP contribution in [-0.4, -0.2) is 31.9 Å². The largest absolute Gasteiger partial charge is 0.692 e. The van der Waals surface area contributed by atoms with E-state index in [2.05, 4.69) is 13.2 Å². The summed E-state index contributed by atoms with van der Waals surface area (Å²) in [6, 6.07) is 0. The molecule has 0 aromatic heterocycles. The van der Waals surface area contributed by atoms with Crippen LogP contribution in [0.5, 0.6) is 0 Å². The minimum atomic E-state index is -2.87. The summed E-state index contributed by atoms with van der Waals surface area (Å²) >= 11 is 0. The molecule has 0 aliphatic carbocycles. The van der Waals surface area contributed by atoms with Crippen LogP contribution in [0.3, 0.4) is 0 Å². The summed E-state index contributed by atoms with van der Waals surface area (Å²) in [5.41, 5.74) is 0. The number of aliphatic carboxylic acids is 2. The molecule has 0 spiro atoms. The second-order valence-electron chi connectivity index (χ2n) is 1.34. The van der Waals surface area contributed by atoms with Gasteiger partial charge < -0.3 is 10.2 Å². The molecule has 0 rings (SSSR count). The predicted molar refractivity (Wildman–Crippen MR) is 47.7 cm³/mol. The first-order valence-corrected chi connectivity index (χ1v) is 4.00. The first kappa shape index (κ1) is 18.3. The first-order chi connectivity index (χ1) is 6.27. The molecule has 0 aromatic carbocycles. The normalized spacial score (nSPS) is 6.43. The van der Waals surface area contributed by atoms with Crippen LogP contribution < -0.4 is 0 Å².